The summed E-state index contributed by atoms with van der Waals surface area (Å²) in [7, 11) is -0.231. The van der Waals surface area contributed by atoms with Crippen molar-refractivity contribution >= 4 is 20.2 Å². The maximum absolute atomic E-state index is 13.0. The minimum absolute atomic E-state index is 0.0741. The summed E-state index contributed by atoms with van der Waals surface area (Å²) in [6.45, 7) is 9.90. The summed E-state index contributed by atoms with van der Waals surface area (Å²) in [4.78, 5) is 27.3. The Morgan fingerprint density at radius 2 is 1.87 bits per heavy atom. The molecule has 1 amide bonds. The smallest absolute Gasteiger partial charge is 0.355 e. The number of fused-ring (bicyclic) bond motifs is 1. The van der Waals surface area contributed by atoms with Crippen LogP contribution in [0, 0.1) is 11.8 Å². The molecule has 3 rings (SSSR count). The molecule has 1 aromatic carbocycles. The summed E-state index contributed by atoms with van der Waals surface area (Å²) in [6.07, 6.45) is -0.234. The molecule has 1 N–H and O–H groups in total. The van der Waals surface area contributed by atoms with E-state index in [0.717, 1.165) is 11.3 Å². The number of methoxy groups -OCH3 is 1. The minimum Gasteiger partial charge on any atom is -0.497 e. The molecule has 4 atom stereocenters. The number of carbonyl (C=O) groups excluding carboxylic acids is 2. The average molecular weight is 434 g/mol. The van der Waals surface area contributed by atoms with Gasteiger partial charge in [0, 0.05) is 5.92 Å². The molecule has 0 spiro atoms. The van der Waals surface area contributed by atoms with Crippen molar-refractivity contribution in [1.82, 2.24) is 4.90 Å². The highest BCUT2D eigenvalue weighted by Gasteiger charge is 2.60. The zero-order valence-corrected chi connectivity index (χ0v) is 19.5. The Morgan fingerprint density at radius 1 is 1.23 bits per heavy atom. The van der Waals surface area contributed by atoms with Gasteiger partial charge in [-0.05, 0) is 49.8 Å². The fourth-order valence-electron chi connectivity index (χ4n) is 4.40. The highest BCUT2D eigenvalue weighted by Crippen LogP contribution is 2.48. The van der Waals surface area contributed by atoms with Gasteiger partial charge in [0.1, 0.15) is 18.1 Å². The summed E-state index contributed by atoms with van der Waals surface area (Å²) in [5.74, 6) is -0.462. The van der Waals surface area contributed by atoms with Crippen LogP contribution in [0.25, 0.3) is 0 Å². The molecule has 2 heterocycles. The number of hydrogen-bond acceptors (Lipinski definition) is 6. The Bertz CT molecular complexity index is 844. The van der Waals surface area contributed by atoms with Crippen LogP contribution in [0.1, 0.15) is 19.4 Å². The van der Waals surface area contributed by atoms with Gasteiger partial charge in [0.25, 0.3) is 0 Å². The third-order valence-electron chi connectivity index (χ3n) is 5.73. The van der Waals surface area contributed by atoms with Gasteiger partial charge in [-0.15, -0.1) is 0 Å². The molecule has 2 aliphatic rings. The molecule has 30 heavy (non-hydrogen) atoms. The van der Waals surface area contributed by atoms with Crippen molar-refractivity contribution in [3.05, 3.63) is 41.1 Å². The Labute approximate surface area is 178 Å². The van der Waals surface area contributed by atoms with E-state index in [0.29, 0.717) is 5.57 Å². The number of hydrogen-bond donors (Lipinski definition) is 1. The standard InChI is InChI=1S/C22H31NO6Si/c1-13-17(11-24)20(22(26)28-12-15-7-9-16(27-3)10-8-15)23-19(13)18(21(23)25)14(2)29-30(4,5)6/h7-10,13-14,18-19,24H,11-12H2,1-6H3/t13-,14?,18+,19-/m0/s1. The molecule has 2 aliphatic heterocycles. The topological polar surface area (TPSA) is 85.3 Å². The van der Waals surface area contributed by atoms with Gasteiger partial charge < -0.3 is 23.9 Å². The molecule has 0 radical (unpaired) electrons. The molecular weight excluding hydrogens is 402 g/mol. The fourth-order valence-corrected chi connectivity index (χ4v) is 5.66. The molecular formula is C22H31NO6Si. The van der Waals surface area contributed by atoms with Crippen LogP contribution < -0.4 is 4.74 Å². The number of nitrogens with zero attached hydrogens (tertiary/aromatic N) is 1. The number of amides is 1. The number of aliphatic hydroxyl groups is 1. The number of aliphatic hydroxyl groups excluding tert-OH is 1. The number of esters is 1. The second kappa shape index (κ2) is 8.53. The zero-order chi connectivity index (χ0) is 22.2. The lowest BCUT2D eigenvalue weighted by atomic mass is 9.78. The van der Waals surface area contributed by atoms with Crippen molar-refractivity contribution in [3.63, 3.8) is 0 Å². The Morgan fingerprint density at radius 3 is 2.40 bits per heavy atom. The van der Waals surface area contributed by atoms with Crippen LogP contribution in [0.15, 0.2) is 35.5 Å². The third kappa shape index (κ3) is 4.17. The molecule has 164 valence electrons. The van der Waals surface area contributed by atoms with Gasteiger partial charge in [-0.1, -0.05) is 19.1 Å². The highest BCUT2D eigenvalue weighted by molar-refractivity contribution is 6.69. The predicted octanol–water partition coefficient (Wildman–Crippen LogP) is 2.70. The Hall–Kier alpha value is -2.16. The van der Waals surface area contributed by atoms with Crippen LogP contribution in [0.2, 0.25) is 19.6 Å². The van der Waals surface area contributed by atoms with E-state index in [1.54, 1.807) is 19.2 Å². The summed E-state index contributed by atoms with van der Waals surface area (Å²) in [6, 6.07) is 7.02. The molecule has 0 saturated carbocycles. The molecule has 0 bridgehead atoms. The van der Waals surface area contributed by atoms with Crippen LogP contribution in [-0.2, 0) is 25.4 Å². The van der Waals surface area contributed by atoms with Crippen molar-refractivity contribution in [2.75, 3.05) is 13.7 Å². The first-order valence-corrected chi connectivity index (χ1v) is 13.6. The van der Waals surface area contributed by atoms with E-state index < -0.39 is 14.3 Å². The normalized spacial score (nSPS) is 24.4. The van der Waals surface area contributed by atoms with E-state index in [2.05, 4.69) is 19.6 Å². The summed E-state index contributed by atoms with van der Waals surface area (Å²) >= 11 is 0. The molecule has 0 aromatic heterocycles. The first-order valence-electron chi connectivity index (χ1n) is 10.2. The van der Waals surface area contributed by atoms with Crippen molar-refractivity contribution in [3.8, 4) is 5.75 Å². The highest BCUT2D eigenvalue weighted by atomic mass is 28.4. The maximum atomic E-state index is 13.0. The van der Waals surface area contributed by atoms with Gasteiger partial charge in [-0.3, -0.25) is 4.79 Å². The lowest BCUT2D eigenvalue weighted by Gasteiger charge is -2.48. The van der Waals surface area contributed by atoms with Gasteiger partial charge in [0.05, 0.1) is 31.8 Å². The summed E-state index contributed by atoms with van der Waals surface area (Å²) in [5, 5.41) is 9.92. The monoisotopic (exact) mass is 433 g/mol. The molecule has 1 unspecified atom stereocenters. The minimum atomic E-state index is -1.82. The summed E-state index contributed by atoms with van der Waals surface area (Å²) < 4.78 is 16.7. The molecule has 8 heteroatoms. The molecule has 7 nitrogen and oxygen atoms in total. The Kier molecular flexibility index (Phi) is 6.40. The van der Waals surface area contributed by atoms with Gasteiger partial charge >= 0.3 is 5.97 Å². The van der Waals surface area contributed by atoms with E-state index in [4.69, 9.17) is 13.9 Å². The van der Waals surface area contributed by atoms with E-state index in [9.17, 15) is 14.7 Å². The van der Waals surface area contributed by atoms with Crippen molar-refractivity contribution < 1.29 is 28.6 Å². The predicted molar refractivity (Wildman–Crippen MR) is 114 cm³/mol. The van der Waals surface area contributed by atoms with E-state index in [1.807, 2.05) is 26.0 Å². The van der Waals surface area contributed by atoms with Crippen LogP contribution in [0.4, 0.5) is 0 Å². The molecule has 1 saturated heterocycles. The van der Waals surface area contributed by atoms with Crippen LogP contribution in [0.5, 0.6) is 5.75 Å². The van der Waals surface area contributed by atoms with Crippen molar-refractivity contribution in [2.24, 2.45) is 11.8 Å². The third-order valence-corrected chi connectivity index (χ3v) is 6.81. The number of carbonyl (C=O) groups is 2. The maximum Gasteiger partial charge on any atom is 0.355 e. The first kappa shape index (κ1) is 22.5. The number of β-lactam (4-membered cyclic amide) rings is 1. The number of rotatable bonds is 8. The summed E-state index contributed by atoms with van der Waals surface area (Å²) in [5.41, 5.74) is 1.55. The van der Waals surface area contributed by atoms with Gasteiger partial charge in [0.2, 0.25) is 5.91 Å². The van der Waals surface area contributed by atoms with Gasteiger partial charge in [-0.25, -0.2) is 4.79 Å². The lowest BCUT2D eigenvalue weighted by Crippen LogP contribution is -2.64. The molecule has 1 fully saturated rings. The van der Waals surface area contributed by atoms with Gasteiger partial charge in [-0.2, -0.15) is 0 Å². The van der Waals surface area contributed by atoms with Crippen LogP contribution in [0.3, 0.4) is 0 Å². The number of benzene rings is 1. The largest absolute Gasteiger partial charge is 0.497 e. The van der Waals surface area contributed by atoms with E-state index in [-0.39, 0.29) is 48.8 Å². The second-order valence-electron chi connectivity index (χ2n) is 8.90. The second-order valence-corrected chi connectivity index (χ2v) is 13.4. The van der Waals surface area contributed by atoms with Crippen LogP contribution >= 0.6 is 0 Å². The zero-order valence-electron chi connectivity index (χ0n) is 18.5. The SMILES string of the molecule is COc1ccc(COC(=O)C2=C(CO)[C@H](C)[C@H]3[C@@H](C(C)O[Si](C)(C)C)C(=O)N23)cc1. The first-order chi connectivity index (χ1) is 14.1. The molecule has 1 aromatic rings. The Balaban J connectivity index is 1.73. The quantitative estimate of drug-likeness (QED) is 0.385. The fraction of sp³-hybridized carbons (Fsp3) is 0.545. The van der Waals surface area contributed by atoms with Crippen molar-refractivity contribution in [1.29, 1.82) is 0 Å². The van der Waals surface area contributed by atoms with Crippen LogP contribution in [-0.4, -0.2) is 56.1 Å². The van der Waals surface area contributed by atoms with E-state index >= 15 is 0 Å². The number of ether oxygens (including phenoxy) is 2. The average Bonchev–Trinajstić information content (AvgIpc) is 2.93. The van der Waals surface area contributed by atoms with Gasteiger partial charge in [0.15, 0.2) is 8.32 Å². The van der Waals surface area contributed by atoms with Crippen molar-refractivity contribution in [2.45, 2.75) is 52.2 Å². The molecule has 0 aliphatic carbocycles. The lowest BCUT2D eigenvalue weighted by molar-refractivity contribution is -0.163. The van der Waals surface area contributed by atoms with E-state index in [1.165, 1.54) is 4.90 Å².